The highest BCUT2D eigenvalue weighted by Crippen LogP contribution is 2.18. The molecular weight excluding hydrogens is 296 g/mol. The molecule has 23 heavy (non-hydrogen) atoms. The summed E-state index contributed by atoms with van der Waals surface area (Å²) in [6.45, 7) is -0.220. The summed E-state index contributed by atoms with van der Waals surface area (Å²) >= 11 is 0. The number of anilines is 1. The van der Waals surface area contributed by atoms with Gasteiger partial charge in [0.1, 0.15) is 6.73 Å². The fourth-order valence-electron chi connectivity index (χ4n) is 2.17. The summed E-state index contributed by atoms with van der Waals surface area (Å²) in [4.78, 5) is 30.8. The van der Waals surface area contributed by atoms with Crippen molar-refractivity contribution in [2.24, 2.45) is 5.73 Å². The van der Waals surface area contributed by atoms with E-state index in [1.807, 2.05) is 18.2 Å². The molecule has 3 rings (SSSR count). The molecule has 7 nitrogen and oxygen atoms in total. The molecule has 4 N–H and O–H groups in total. The molecule has 0 radical (unpaired) electrons. The Morgan fingerprint density at radius 3 is 2.65 bits per heavy atom. The summed E-state index contributed by atoms with van der Waals surface area (Å²) in [5.41, 5.74) is 7.51. The smallest absolute Gasteiger partial charge is 0.415 e. The highest BCUT2D eigenvalue weighted by atomic mass is 16.6. The van der Waals surface area contributed by atoms with Crippen LogP contribution in [0, 0.1) is 0 Å². The molecule has 7 heteroatoms. The lowest BCUT2D eigenvalue weighted by molar-refractivity contribution is 0.103. The van der Waals surface area contributed by atoms with Crippen molar-refractivity contribution in [2.45, 2.75) is 0 Å². The zero-order chi connectivity index (χ0) is 16.2. The Balaban J connectivity index is 1.87. The monoisotopic (exact) mass is 310 g/mol. The minimum absolute atomic E-state index is 0.0841. The van der Waals surface area contributed by atoms with Crippen LogP contribution in [0.5, 0.6) is 0 Å². The number of benzene rings is 2. The molecule has 0 fully saturated rings. The van der Waals surface area contributed by atoms with E-state index in [1.165, 1.54) is 0 Å². The first kappa shape index (κ1) is 14.7. The largest absolute Gasteiger partial charge is 0.434 e. The van der Waals surface area contributed by atoms with Crippen molar-refractivity contribution < 1.29 is 14.3 Å². The van der Waals surface area contributed by atoms with E-state index in [4.69, 9.17) is 5.73 Å². The fourth-order valence-corrected chi connectivity index (χ4v) is 2.17. The van der Waals surface area contributed by atoms with Gasteiger partial charge >= 0.3 is 6.09 Å². The molecule has 0 aliphatic carbocycles. The Hall–Kier alpha value is -3.19. The third kappa shape index (κ3) is 3.19. The Labute approximate surface area is 131 Å². The lowest BCUT2D eigenvalue weighted by Crippen LogP contribution is -2.18. The number of amides is 1. The lowest BCUT2D eigenvalue weighted by Gasteiger charge is -2.01. The van der Waals surface area contributed by atoms with E-state index in [2.05, 4.69) is 20.0 Å². The fraction of sp³-hybridized carbons (Fsp3) is 0.0625. The highest BCUT2D eigenvalue weighted by molar-refractivity contribution is 6.10. The van der Waals surface area contributed by atoms with Crippen molar-refractivity contribution >= 4 is 28.9 Å². The van der Waals surface area contributed by atoms with Gasteiger partial charge in [-0.25, -0.2) is 9.78 Å². The number of imidazole rings is 1. The molecule has 0 aliphatic rings. The minimum Gasteiger partial charge on any atom is -0.434 e. The number of hydrogen-bond acceptors (Lipinski definition) is 5. The van der Waals surface area contributed by atoms with Gasteiger partial charge in [-0.1, -0.05) is 30.3 Å². The van der Waals surface area contributed by atoms with E-state index in [9.17, 15) is 9.59 Å². The molecule has 0 bridgehead atoms. The van der Waals surface area contributed by atoms with Gasteiger partial charge in [0.25, 0.3) is 0 Å². The van der Waals surface area contributed by atoms with Gasteiger partial charge < -0.3 is 9.72 Å². The molecule has 2 aromatic carbocycles. The van der Waals surface area contributed by atoms with Gasteiger partial charge in [0.2, 0.25) is 5.95 Å². The molecule has 3 aromatic rings. The average Bonchev–Trinajstić information content (AvgIpc) is 2.96. The number of aromatic amines is 1. The second-order valence-corrected chi connectivity index (χ2v) is 4.74. The number of rotatable bonds is 4. The third-order valence-electron chi connectivity index (χ3n) is 3.21. The quantitative estimate of drug-likeness (QED) is 0.505. The van der Waals surface area contributed by atoms with Crippen LogP contribution in [0.3, 0.4) is 0 Å². The number of H-pyrrole nitrogens is 1. The van der Waals surface area contributed by atoms with Gasteiger partial charge in [-0.2, -0.15) is 0 Å². The van der Waals surface area contributed by atoms with Crippen LogP contribution in [0.25, 0.3) is 11.0 Å². The maximum absolute atomic E-state index is 12.4. The number of nitrogens with one attached hydrogen (secondary N) is 2. The number of ketones is 1. The van der Waals surface area contributed by atoms with Crippen molar-refractivity contribution in [3.63, 3.8) is 0 Å². The van der Waals surface area contributed by atoms with Crippen LogP contribution >= 0.6 is 0 Å². The second-order valence-electron chi connectivity index (χ2n) is 4.74. The van der Waals surface area contributed by atoms with Gasteiger partial charge in [0, 0.05) is 11.1 Å². The van der Waals surface area contributed by atoms with Crippen molar-refractivity contribution in [2.75, 3.05) is 12.0 Å². The van der Waals surface area contributed by atoms with Crippen LogP contribution in [-0.2, 0) is 4.74 Å². The molecule has 0 saturated heterocycles. The number of ether oxygens (including phenoxy) is 1. The summed E-state index contributed by atoms with van der Waals surface area (Å²) in [5.74, 6) is 0.141. The molecular formula is C16H14N4O3. The van der Waals surface area contributed by atoms with E-state index in [1.54, 1.807) is 30.3 Å². The predicted octanol–water partition coefficient (Wildman–Crippen LogP) is 2.26. The lowest BCUT2D eigenvalue weighted by atomic mass is 10.0. The Morgan fingerprint density at radius 2 is 1.91 bits per heavy atom. The van der Waals surface area contributed by atoms with Crippen LogP contribution < -0.4 is 11.1 Å². The number of carbonyl (C=O) groups excluding carboxylic acids is 2. The first-order valence-corrected chi connectivity index (χ1v) is 6.91. The van der Waals surface area contributed by atoms with Crippen LogP contribution in [0.1, 0.15) is 15.9 Å². The molecule has 0 aliphatic heterocycles. The summed E-state index contributed by atoms with van der Waals surface area (Å²) in [6.07, 6.45) is -0.702. The molecule has 1 heterocycles. The predicted molar refractivity (Wildman–Crippen MR) is 85.1 cm³/mol. The van der Waals surface area contributed by atoms with Crippen molar-refractivity contribution in [1.29, 1.82) is 0 Å². The van der Waals surface area contributed by atoms with Gasteiger partial charge in [0.05, 0.1) is 11.0 Å². The first-order chi connectivity index (χ1) is 11.2. The number of nitrogens with zero attached hydrogens (tertiary/aromatic N) is 1. The van der Waals surface area contributed by atoms with E-state index >= 15 is 0 Å². The normalized spacial score (nSPS) is 10.5. The zero-order valence-corrected chi connectivity index (χ0v) is 12.1. The Kier molecular flexibility index (Phi) is 4.03. The summed E-state index contributed by atoms with van der Waals surface area (Å²) < 4.78 is 4.58. The zero-order valence-electron chi connectivity index (χ0n) is 12.1. The van der Waals surface area contributed by atoms with Crippen molar-refractivity contribution in [3.05, 3.63) is 59.7 Å². The maximum Gasteiger partial charge on any atom is 0.415 e. The standard InChI is InChI=1S/C16H14N4O3/c17-9-23-16(22)20-15-18-12-7-6-11(8-13(12)19-15)14(21)10-4-2-1-3-5-10/h1-8H,9,17H2,(H2,18,19,20,22). The molecule has 0 atom stereocenters. The molecule has 116 valence electrons. The second kappa shape index (κ2) is 6.29. The molecule has 0 saturated carbocycles. The maximum atomic E-state index is 12.4. The average molecular weight is 310 g/mol. The number of carbonyl (C=O) groups is 2. The van der Waals surface area contributed by atoms with E-state index in [-0.39, 0.29) is 18.5 Å². The van der Waals surface area contributed by atoms with Gasteiger partial charge in [-0.05, 0) is 18.2 Å². The highest BCUT2D eigenvalue weighted by Gasteiger charge is 2.12. The van der Waals surface area contributed by atoms with Gasteiger partial charge in [0.15, 0.2) is 5.78 Å². The number of aromatic nitrogens is 2. The number of hydrogen-bond donors (Lipinski definition) is 3. The van der Waals surface area contributed by atoms with Gasteiger partial charge in [-0.3, -0.25) is 15.8 Å². The van der Waals surface area contributed by atoms with Gasteiger partial charge in [-0.15, -0.1) is 0 Å². The summed E-state index contributed by atoms with van der Waals surface area (Å²) in [6, 6.07) is 14.1. The van der Waals surface area contributed by atoms with E-state index in [0.717, 1.165) is 0 Å². The van der Waals surface area contributed by atoms with Crippen LogP contribution in [0.15, 0.2) is 48.5 Å². The summed E-state index contributed by atoms with van der Waals surface area (Å²) in [7, 11) is 0. The Bertz CT molecular complexity index is 858. The SMILES string of the molecule is NCOC(=O)Nc1nc2ccc(C(=O)c3ccccc3)cc2[nH]1. The third-order valence-corrected chi connectivity index (χ3v) is 3.21. The van der Waals surface area contributed by atoms with Crippen LogP contribution in [0.4, 0.5) is 10.7 Å². The first-order valence-electron chi connectivity index (χ1n) is 6.91. The molecule has 1 aromatic heterocycles. The van der Waals surface area contributed by atoms with E-state index < -0.39 is 6.09 Å². The number of fused-ring (bicyclic) bond motifs is 1. The summed E-state index contributed by atoms with van der Waals surface area (Å²) in [5, 5.41) is 2.42. The van der Waals surface area contributed by atoms with Crippen LogP contribution in [-0.4, -0.2) is 28.6 Å². The molecule has 0 unspecified atom stereocenters. The number of nitrogens with two attached hydrogens (primary N) is 1. The van der Waals surface area contributed by atoms with Crippen molar-refractivity contribution in [1.82, 2.24) is 9.97 Å². The minimum atomic E-state index is -0.702. The topological polar surface area (TPSA) is 110 Å². The van der Waals surface area contributed by atoms with E-state index in [0.29, 0.717) is 22.2 Å². The van der Waals surface area contributed by atoms with Crippen LogP contribution in [0.2, 0.25) is 0 Å². The molecule has 0 spiro atoms. The van der Waals surface area contributed by atoms with Crippen molar-refractivity contribution in [3.8, 4) is 0 Å². The molecule has 1 amide bonds. The Morgan fingerprint density at radius 1 is 1.13 bits per heavy atom.